The Morgan fingerprint density at radius 1 is 1.05 bits per heavy atom. The van der Waals surface area contributed by atoms with E-state index in [-0.39, 0.29) is 0 Å². The first-order valence-electron chi connectivity index (χ1n) is 8.33. The van der Waals surface area contributed by atoms with Crippen molar-refractivity contribution in [1.29, 1.82) is 0 Å². The average Bonchev–Trinajstić information content (AvgIpc) is 2.42. The van der Waals surface area contributed by atoms with Crippen LogP contribution in [0.25, 0.3) is 0 Å². The van der Waals surface area contributed by atoms with Crippen molar-refractivity contribution < 1.29 is 0 Å². The van der Waals surface area contributed by atoms with E-state index in [9.17, 15) is 0 Å². The molecule has 0 bridgehead atoms. The van der Waals surface area contributed by atoms with Crippen molar-refractivity contribution in [2.24, 2.45) is 17.6 Å². The van der Waals surface area contributed by atoms with Crippen LogP contribution >= 0.6 is 0 Å². The summed E-state index contributed by atoms with van der Waals surface area (Å²) >= 11 is 0. The van der Waals surface area contributed by atoms with Gasteiger partial charge in [-0.2, -0.15) is 0 Å². The van der Waals surface area contributed by atoms with Gasteiger partial charge in [-0.05, 0) is 68.6 Å². The highest BCUT2D eigenvalue weighted by Gasteiger charge is 2.25. The third kappa shape index (κ3) is 3.63. The van der Waals surface area contributed by atoms with Crippen molar-refractivity contribution in [3.8, 4) is 0 Å². The Morgan fingerprint density at radius 3 is 2.10 bits per heavy atom. The van der Waals surface area contributed by atoms with Crippen molar-refractivity contribution >= 4 is 0 Å². The molecule has 0 heterocycles. The first-order valence-corrected chi connectivity index (χ1v) is 8.33. The highest BCUT2D eigenvalue weighted by molar-refractivity contribution is 5.38. The Balaban J connectivity index is 2.00. The summed E-state index contributed by atoms with van der Waals surface area (Å²) in [6.07, 6.45) is 7.85. The van der Waals surface area contributed by atoms with Crippen LogP contribution in [0.3, 0.4) is 0 Å². The summed E-state index contributed by atoms with van der Waals surface area (Å²) in [5, 5.41) is 0. The zero-order valence-corrected chi connectivity index (χ0v) is 13.7. The molecule has 1 aromatic rings. The van der Waals surface area contributed by atoms with E-state index >= 15 is 0 Å². The van der Waals surface area contributed by atoms with Crippen molar-refractivity contribution in [1.82, 2.24) is 0 Å². The lowest BCUT2D eigenvalue weighted by molar-refractivity contribution is 0.237. The lowest BCUT2D eigenvalue weighted by atomic mass is 9.76. The van der Waals surface area contributed by atoms with Gasteiger partial charge in [0.1, 0.15) is 0 Å². The molecule has 1 fully saturated rings. The second-order valence-electron chi connectivity index (χ2n) is 6.93. The van der Waals surface area contributed by atoms with Crippen LogP contribution in [-0.4, -0.2) is 6.04 Å². The molecule has 1 aliphatic rings. The van der Waals surface area contributed by atoms with Gasteiger partial charge in [0.25, 0.3) is 0 Å². The molecule has 2 N–H and O–H groups in total. The summed E-state index contributed by atoms with van der Waals surface area (Å²) in [5.74, 6) is 1.69. The van der Waals surface area contributed by atoms with E-state index in [0.29, 0.717) is 6.04 Å². The van der Waals surface area contributed by atoms with Gasteiger partial charge in [0.15, 0.2) is 0 Å². The number of benzene rings is 1. The number of hydrogen-bond acceptors (Lipinski definition) is 1. The molecule has 1 heteroatoms. The quantitative estimate of drug-likeness (QED) is 0.845. The molecule has 0 amide bonds. The number of hydrogen-bond donors (Lipinski definition) is 1. The molecule has 1 atom stereocenters. The summed E-state index contributed by atoms with van der Waals surface area (Å²) in [6, 6.07) is 4.93. The van der Waals surface area contributed by atoms with Gasteiger partial charge in [-0.3, -0.25) is 0 Å². The Hall–Kier alpha value is -0.820. The van der Waals surface area contributed by atoms with E-state index < -0.39 is 0 Å². The van der Waals surface area contributed by atoms with E-state index in [2.05, 4.69) is 39.8 Å². The van der Waals surface area contributed by atoms with Gasteiger partial charge >= 0.3 is 0 Å². The van der Waals surface area contributed by atoms with Crippen LogP contribution in [0.2, 0.25) is 0 Å². The first kappa shape index (κ1) is 15.6. The van der Waals surface area contributed by atoms with Gasteiger partial charge < -0.3 is 5.73 Å². The summed E-state index contributed by atoms with van der Waals surface area (Å²) in [5.41, 5.74) is 12.2. The minimum Gasteiger partial charge on any atom is -0.327 e. The molecule has 0 radical (unpaired) electrons. The third-order valence-electron chi connectivity index (χ3n) is 5.35. The topological polar surface area (TPSA) is 26.0 Å². The maximum absolute atomic E-state index is 6.54. The van der Waals surface area contributed by atoms with Crippen molar-refractivity contribution in [3.63, 3.8) is 0 Å². The fourth-order valence-electron chi connectivity index (χ4n) is 3.96. The van der Waals surface area contributed by atoms with Crippen molar-refractivity contribution in [3.05, 3.63) is 34.4 Å². The molecule has 0 aromatic heterocycles. The van der Waals surface area contributed by atoms with Gasteiger partial charge in [-0.25, -0.2) is 0 Å². The first-order chi connectivity index (χ1) is 9.51. The SMILES string of the molecule is CCC1CCC(C(N)Cc2c(C)cc(C)cc2C)CC1. The molecule has 0 aliphatic heterocycles. The average molecular weight is 273 g/mol. The smallest absolute Gasteiger partial charge is 0.0108 e. The Bertz CT molecular complexity index is 418. The summed E-state index contributed by atoms with van der Waals surface area (Å²) in [6.45, 7) is 8.96. The fraction of sp³-hybridized carbons (Fsp3) is 0.684. The van der Waals surface area contributed by atoms with E-state index in [1.807, 2.05) is 0 Å². The number of rotatable bonds is 4. The molecular formula is C19H31N. The van der Waals surface area contributed by atoms with Gasteiger partial charge in [0.2, 0.25) is 0 Å². The molecule has 1 nitrogen and oxygen atoms in total. The predicted octanol–water partition coefficient (Wildman–Crippen LogP) is 4.70. The van der Waals surface area contributed by atoms with E-state index in [0.717, 1.165) is 18.3 Å². The molecule has 20 heavy (non-hydrogen) atoms. The molecule has 1 unspecified atom stereocenters. The maximum atomic E-state index is 6.54. The molecule has 0 spiro atoms. The zero-order valence-electron chi connectivity index (χ0n) is 13.7. The standard InChI is InChI=1S/C19H31N/c1-5-16-6-8-17(9-7-16)19(20)12-18-14(3)10-13(2)11-15(18)4/h10-11,16-17,19H,5-9,12,20H2,1-4H3. The summed E-state index contributed by atoms with van der Waals surface area (Å²) in [7, 11) is 0. The van der Waals surface area contributed by atoms with Crippen LogP contribution in [-0.2, 0) is 6.42 Å². The molecular weight excluding hydrogens is 242 g/mol. The van der Waals surface area contributed by atoms with E-state index in [1.165, 1.54) is 54.4 Å². The van der Waals surface area contributed by atoms with Gasteiger partial charge in [-0.1, -0.05) is 43.9 Å². The lowest BCUT2D eigenvalue weighted by Crippen LogP contribution is -2.35. The largest absolute Gasteiger partial charge is 0.327 e. The summed E-state index contributed by atoms with van der Waals surface area (Å²) in [4.78, 5) is 0. The second-order valence-corrected chi connectivity index (χ2v) is 6.93. The second kappa shape index (κ2) is 6.76. The number of aryl methyl sites for hydroxylation is 3. The van der Waals surface area contributed by atoms with E-state index in [4.69, 9.17) is 5.73 Å². The van der Waals surface area contributed by atoms with Crippen molar-refractivity contribution in [2.45, 2.75) is 72.3 Å². The van der Waals surface area contributed by atoms with Crippen LogP contribution in [0.15, 0.2) is 12.1 Å². The molecule has 1 aliphatic carbocycles. The van der Waals surface area contributed by atoms with Crippen LogP contribution in [0.1, 0.15) is 61.3 Å². The third-order valence-corrected chi connectivity index (χ3v) is 5.35. The Labute approximate surface area is 125 Å². The van der Waals surface area contributed by atoms with E-state index in [1.54, 1.807) is 0 Å². The minimum absolute atomic E-state index is 0.341. The highest BCUT2D eigenvalue weighted by Crippen LogP contribution is 2.33. The van der Waals surface area contributed by atoms with Gasteiger partial charge in [0.05, 0.1) is 0 Å². The highest BCUT2D eigenvalue weighted by atomic mass is 14.7. The van der Waals surface area contributed by atoms with Crippen molar-refractivity contribution in [2.75, 3.05) is 0 Å². The fourth-order valence-corrected chi connectivity index (χ4v) is 3.96. The minimum atomic E-state index is 0.341. The Kier molecular flexibility index (Phi) is 5.26. The summed E-state index contributed by atoms with van der Waals surface area (Å²) < 4.78 is 0. The molecule has 112 valence electrons. The Morgan fingerprint density at radius 2 is 1.60 bits per heavy atom. The zero-order chi connectivity index (χ0) is 14.7. The monoisotopic (exact) mass is 273 g/mol. The van der Waals surface area contributed by atoms with Gasteiger partial charge in [-0.15, -0.1) is 0 Å². The lowest BCUT2D eigenvalue weighted by Gasteiger charge is -2.32. The van der Waals surface area contributed by atoms with Gasteiger partial charge in [0, 0.05) is 6.04 Å². The maximum Gasteiger partial charge on any atom is 0.0108 e. The molecule has 0 saturated heterocycles. The normalized spacial score (nSPS) is 24.6. The molecule has 2 rings (SSSR count). The predicted molar refractivity (Wildman–Crippen MR) is 88.1 cm³/mol. The van der Waals surface area contributed by atoms with Crippen LogP contribution in [0.5, 0.6) is 0 Å². The van der Waals surface area contributed by atoms with Crippen LogP contribution < -0.4 is 5.73 Å². The van der Waals surface area contributed by atoms with Crippen LogP contribution in [0.4, 0.5) is 0 Å². The molecule has 1 aromatic carbocycles. The number of nitrogens with two attached hydrogens (primary N) is 1. The van der Waals surface area contributed by atoms with Crippen LogP contribution in [0, 0.1) is 32.6 Å². The molecule has 1 saturated carbocycles.